The molecule has 1 aromatic heterocycles. The zero-order chi connectivity index (χ0) is 18.1. The van der Waals surface area contributed by atoms with Crippen LogP contribution in [0.15, 0.2) is 23.7 Å². The molecule has 0 amide bonds. The second-order valence-corrected chi connectivity index (χ2v) is 11.2. The first-order valence-electron chi connectivity index (χ1n) is 8.83. The maximum Gasteiger partial charge on any atom is 0.216 e. The Morgan fingerprint density at radius 2 is 1.92 bits per heavy atom. The summed E-state index contributed by atoms with van der Waals surface area (Å²) >= 11 is 1.65. The van der Waals surface area contributed by atoms with E-state index in [4.69, 9.17) is 0 Å². The first-order valence-corrected chi connectivity index (χ1v) is 11.2. The van der Waals surface area contributed by atoms with Crippen molar-refractivity contribution >= 4 is 37.3 Å². The van der Waals surface area contributed by atoms with Gasteiger partial charge in [-0.25, -0.2) is 18.1 Å². The number of aromatic nitrogens is 1. The Labute approximate surface area is 154 Å². The fraction of sp³-hybridized carbons (Fsp3) is 0.611. The predicted molar refractivity (Wildman–Crippen MR) is 106 cm³/mol. The van der Waals surface area contributed by atoms with Crippen LogP contribution >= 0.6 is 11.3 Å². The number of rotatable bonds is 5. The van der Waals surface area contributed by atoms with Crippen LogP contribution in [0.3, 0.4) is 0 Å². The Hall–Kier alpha value is -1.18. The molecule has 1 saturated carbocycles. The molecule has 0 radical (unpaired) electrons. The Morgan fingerprint density at radius 3 is 2.60 bits per heavy atom. The quantitative estimate of drug-likeness (QED) is 0.822. The maximum atomic E-state index is 12.3. The van der Waals surface area contributed by atoms with Gasteiger partial charge in [0, 0.05) is 18.3 Å². The van der Waals surface area contributed by atoms with E-state index in [1.165, 1.54) is 4.70 Å². The number of thiazole rings is 1. The van der Waals surface area contributed by atoms with E-state index in [2.05, 4.69) is 33.2 Å². The average Bonchev–Trinajstić information content (AvgIpc) is 3.00. The fourth-order valence-corrected chi connectivity index (χ4v) is 4.80. The number of sulfonamides is 1. The zero-order valence-electron chi connectivity index (χ0n) is 15.1. The molecule has 0 unspecified atom stereocenters. The van der Waals surface area contributed by atoms with Crippen molar-refractivity contribution in [3.8, 4) is 0 Å². The highest BCUT2D eigenvalue weighted by Crippen LogP contribution is 2.27. The molecule has 0 spiro atoms. The molecule has 1 fully saturated rings. The monoisotopic (exact) mass is 381 g/mol. The molecule has 2 aromatic rings. The van der Waals surface area contributed by atoms with Gasteiger partial charge in [-0.05, 0) is 70.6 Å². The minimum atomic E-state index is -3.26. The normalized spacial score (nSPS) is 22.2. The lowest BCUT2D eigenvalue weighted by atomic mass is 9.86. The van der Waals surface area contributed by atoms with Crippen molar-refractivity contribution < 1.29 is 8.42 Å². The highest BCUT2D eigenvalue weighted by molar-refractivity contribution is 7.90. The van der Waals surface area contributed by atoms with Crippen LogP contribution in [0.4, 0.5) is 5.69 Å². The Morgan fingerprint density at radius 1 is 1.20 bits per heavy atom. The van der Waals surface area contributed by atoms with Gasteiger partial charge in [-0.3, -0.25) is 0 Å². The standard InChI is InChI=1S/C18H27N3O2S2/c1-18(2,3)25(22,23)21-14-6-4-13(5-7-14)11-19-15-8-9-17-16(10-15)20-12-24-17/h8-10,12-14,19,21H,4-7,11H2,1-3H3/t13-,14-. The van der Waals surface area contributed by atoms with Crippen LogP contribution in [0, 0.1) is 5.92 Å². The molecule has 1 aromatic carbocycles. The number of hydrogen-bond donors (Lipinski definition) is 2. The average molecular weight is 382 g/mol. The molecular weight excluding hydrogens is 354 g/mol. The summed E-state index contributed by atoms with van der Waals surface area (Å²) in [5, 5.41) is 3.51. The molecule has 25 heavy (non-hydrogen) atoms. The molecule has 138 valence electrons. The zero-order valence-corrected chi connectivity index (χ0v) is 16.7. The van der Waals surface area contributed by atoms with E-state index < -0.39 is 14.8 Å². The summed E-state index contributed by atoms with van der Waals surface area (Å²) in [5.41, 5.74) is 4.01. The highest BCUT2D eigenvalue weighted by atomic mass is 32.2. The Kier molecular flexibility index (Phi) is 5.37. The molecule has 7 heteroatoms. The topological polar surface area (TPSA) is 71.1 Å². The van der Waals surface area contributed by atoms with Gasteiger partial charge in [-0.1, -0.05) is 0 Å². The molecule has 1 aliphatic rings. The minimum absolute atomic E-state index is 0.0758. The van der Waals surface area contributed by atoms with E-state index in [1.54, 1.807) is 32.1 Å². The fourth-order valence-electron chi connectivity index (χ4n) is 3.11. The summed E-state index contributed by atoms with van der Waals surface area (Å²) in [4.78, 5) is 4.35. The summed E-state index contributed by atoms with van der Waals surface area (Å²) in [6.07, 6.45) is 3.91. The molecule has 0 atom stereocenters. The molecular formula is C18H27N3O2S2. The molecule has 3 rings (SSSR count). The third kappa shape index (κ3) is 4.51. The maximum absolute atomic E-state index is 12.3. The minimum Gasteiger partial charge on any atom is -0.385 e. The van der Waals surface area contributed by atoms with Gasteiger partial charge in [0.15, 0.2) is 0 Å². The van der Waals surface area contributed by atoms with Crippen molar-refractivity contribution in [3.63, 3.8) is 0 Å². The van der Waals surface area contributed by atoms with Gasteiger partial charge >= 0.3 is 0 Å². The molecule has 1 aliphatic carbocycles. The van der Waals surface area contributed by atoms with Crippen molar-refractivity contribution in [1.29, 1.82) is 0 Å². The summed E-state index contributed by atoms with van der Waals surface area (Å²) < 4.78 is 27.9. The Balaban J connectivity index is 1.48. The van der Waals surface area contributed by atoms with E-state index in [0.29, 0.717) is 5.92 Å². The lowest BCUT2D eigenvalue weighted by molar-refractivity contribution is 0.322. The van der Waals surface area contributed by atoms with Gasteiger partial charge in [0.1, 0.15) is 0 Å². The second-order valence-electron chi connectivity index (χ2n) is 7.87. The lowest BCUT2D eigenvalue weighted by Gasteiger charge is -2.31. The van der Waals surface area contributed by atoms with Crippen molar-refractivity contribution in [2.75, 3.05) is 11.9 Å². The van der Waals surface area contributed by atoms with Crippen LogP contribution in [0.25, 0.3) is 10.2 Å². The van der Waals surface area contributed by atoms with Gasteiger partial charge < -0.3 is 5.32 Å². The predicted octanol–water partition coefficient (Wildman–Crippen LogP) is 3.98. The largest absolute Gasteiger partial charge is 0.385 e. The van der Waals surface area contributed by atoms with Crippen LogP contribution < -0.4 is 10.0 Å². The van der Waals surface area contributed by atoms with Gasteiger partial charge in [0.05, 0.1) is 20.5 Å². The van der Waals surface area contributed by atoms with Crippen LogP contribution in [0.2, 0.25) is 0 Å². The van der Waals surface area contributed by atoms with E-state index >= 15 is 0 Å². The van der Waals surface area contributed by atoms with Crippen LogP contribution in [-0.2, 0) is 10.0 Å². The summed E-state index contributed by atoms with van der Waals surface area (Å²) in [5.74, 6) is 0.585. The van der Waals surface area contributed by atoms with E-state index in [1.807, 2.05) is 5.51 Å². The number of hydrogen-bond acceptors (Lipinski definition) is 5. The van der Waals surface area contributed by atoms with Crippen LogP contribution in [0.5, 0.6) is 0 Å². The first kappa shape index (κ1) is 18.6. The van der Waals surface area contributed by atoms with Crippen molar-refractivity contribution in [2.24, 2.45) is 5.92 Å². The smallest absolute Gasteiger partial charge is 0.216 e. The van der Waals surface area contributed by atoms with Crippen molar-refractivity contribution in [2.45, 2.75) is 57.2 Å². The highest BCUT2D eigenvalue weighted by Gasteiger charge is 2.32. The SMILES string of the molecule is CC(C)(C)S(=O)(=O)N[C@H]1CC[C@H](CNc2ccc3scnc3c2)CC1. The van der Waals surface area contributed by atoms with E-state index in [0.717, 1.165) is 43.4 Å². The third-order valence-electron chi connectivity index (χ3n) is 4.90. The van der Waals surface area contributed by atoms with Gasteiger partial charge in [0.2, 0.25) is 10.0 Å². The van der Waals surface area contributed by atoms with Crippen molar-refractivity contribution in [1.82, 2.24) is 9.71 Å². The number of anilines is 1. The first-order chi connectivity index (χ1) is 11.7. The van der Waals surface area contributed by atoms with Gasteiger partial charge in [-0.15, -0.1) is 11.3 Å². The van der Waals surface area contributed by atoms with Gasteiger partial charge in [-0.2, -0.15) is 0 Å². The molecule has 1 heterocycles. The Bertz CT molecular complexity index is 816. The van der Waals surface area contributed by atoms with Crippen LogP contribution in [-0.4, -0.2) is 30.7 Å². The van der Waals surface area contributed by atoms with E-state index in [-0.39, 0.29) is 6.04 Å². The molecule has 0 bridgehead atoms. The van der Waals surface area contributed by atoms with Crippen molar-refractivity contribution in [3.05, 3.63) is 23.7 Å². The summed E-state index contributed by atoms with van der Waals surface area (Å²) in [7, 11) is -3.26. The number of benzene rings is 1. The molecule has 2 N–H and O–H groups in total. The number of fused-ring (bicyclic) bond motifs is 1. The molecule has 0 saturated heterocycles. The second kappa shape index (κ2) is 7.21. The third-order valence-corrected chi connectivity index (χ3v) is 7.97. The van der Waals surface area contributed by atoms with Gasteiger partial charge in [0.25, 0.3) is 0 Å². The lowest BCUT2D eigenvalue weighted by Crippen LogP contribution is -2.46. The number of nitrogens with zero attached hydrogens (tertiary/aromatic N) is 1. The molecule has 5 nitrogen and oxygen atoms in total. The van der Waals surface area contributed by atoms with E-state index in [9.17, 15) is 8.42 Å². The summed E-state index contributed by atoms with van der Waals surface area (Å²) in [6.45, 7) is 6.15. The summed E-state index contributed by atoms with van der Waals surface area (Å²) in [6, 6.07) is 6.37. The molecule has 0 aliphatic heterocycles. The van der Waals surface area contributed by atoms with Crippen LogP contribution in [0.1, 0.15) is 46.5 Å². The number of nitrogens with one attached hydrogen (secondary N) is 2.